The van der Waals surface area contributed by atoms with Crippen LogP contribution in [0.1, 0.15) is 55.3 Å². The van der Waals surface area contributed by atoms with Crippen LogP contribution in [0.25, 0.3) is 0 Å². The summed E-state index contributed by atoms with van der Waals surface area (Å²) in [6.45, 7) is 0.967. The molecule has 0 radical (unpaired) electrons. The van der Waals surface area contributed by atoms with Gasteiger partial charge in [0.1, 0.15) is 5.82 Å². The van der Waals surface area contributed by atoms with E-state index in [1.807, 2.05) is 0 Å². The van der Waals surface area contributed by atoms with Crippen molar-refractivity contribution < 1.29 is 9.18 Å². The predicted molar refractivity (Wildman–Crippen MR) is 80.7 cm³/mol. The van der Waals surface area contributed by atoms with Gasteiger partial charge in [0.2, 0.25) is 0 Å². The summed E-state index contributed by atoms with van der Waals surface area (Å²) in [5.74, 6) is -0.401. The fourth-order valence-electron chi connectivity index (χ4n) is 3.76. The normalized spacial score (nSPS) is 24.7. The average Bonchev–Trinajstić information content (AvgIpc) is 2.49. The van der Waals surface area contributed by atoms with E-state index in [2.05, 4.69) is 10.6 Å². The lowest BCUT2D eigenvalue weighted by Crippen LogP contribution is -2.57. The summed E-state index contributed by atoms with van der Waals surface area (Å²) in [7, 11) is 0. The third-order valence-corrected chi connectivity index (χ3v) is 4.88. The maximum Gasteiger partial charge on any atom is 0.251 e. The quantitative estimate of drug-likeness (QED) is 0.879. The second kappa shape index (κ2) is 6.14. The minimum absolute atomic E-state index is 0.0899. The van der Waals surface area contributed by atoms with E-state index in [1.165, 1.54) is 44.2 Å². The summed E-state index contributed by atoms with van der Waals surface area (Å²) in [4.78, 5) is 12.2. The molecule has 1 saturated carbocycles. The van der Waals surface area contributed by atoms with Crippen LogP contribution in [0.5, 0.6) is 0 Å². The Labute approximate surface area is 125 Å². The Kier molecular flexibility index (Phi) is 4.24. The predicted octanol–water partition coefficient (Wildman–Crippen LogP) is 3.01. The molecule has 2 aliphatic rings. The van der Waals surface area contributed by atoms with Crippen molar-refractivity contribution in [3.05, 3.63) is 35.6 Å². The van der Waals surface area contributed by atoms with Crippen molar-refractivity contribution in [3.63, 3.8) is 0 Å². The van der Waals surface area contributed by atoms with Gasteiger partial charge in [0, 0.05) is 17.1 Å². The highest BCUT2D eigenvalue weighted by atomic mass is 19.1. The number of nitrogens with one attached hydrogen (secondary N) is 2. The first-order valence-electron chi connectivity index (χ1n) is 7.98. The van der Waals surface area contributed by atoms with Crippen molar-refractivity contribution in [1.29, 1.82) is 0 Å². The first kappa shape index (κ1) is 14.5. The number of hydrogen-bond donors (Lipinski definition) is 2. The second-order valence-electron chi connectivity index (χ2n) is 6.44. The smallest absolute Gasteiger partial charge is 0.251 e. The summed E-state index contributed by atoms with van der Waals surface area (Å²) < 4.78 is 12.9. The lowest BCUT2D eigenvalue weighted by Gasteiger charge is -2.44. The van der Waals surface area contributed by atoms with Crippen LogP contribution in [0.3, 0.4) is 0 Å². The Morgan fingerprint density at radius 2 is 1.90 bits per heavy atom. The maximum absolute atomic E-state index is 12.9. The van der Waals surface area contributed by atoms with Crippen molar-refractivity contribution in [2.75, 3.05) is 6.54 Å². The monoisotopic (exact) mass is 290 g/mol. The Morgan fingerprint density at radius 1 is 1.19 bits per heavy atom. The molecule has 0 aromatic heterocycles. The molecule has 1 spiro atoms. The first-order valence-corrected chi connectivity index (χ1v) is 7.98. The van der Waals surface area contributed by atoms with Crippen LogP contribution in [-0.2, 0) is 0 Å². The minimum Gasteiger partial charge on any atom is -0.349 e. The number of carbonyl (C=O) groups excluding carboxylic acids is 1. The van der Waals surface area contributed by atoms with E-state index in [-0.39, 0.29) is 23.3 Å². The van der Waals surface area contributed by atoms with Crippen molar-refractivity contribution in [3.8, 4) is 0 Å². The van der Waals surface area contributed by atoms with Crippen LogP contribution >= 0.6 is 0 Å². The summed E-state index contributed by atoms with van der Waals surface area (Å²) in [6, 6.07) is 5.98. The number of rotatable bonds is 2. The molecule has 2 fully saturated rings. The van der Waals surface area contributed by atoms with Gasteiger partial charge in [0.05, 0.1) is 0 Å². The number of hydrogen-bond acceptors (Lipinski definition) is 2. The number of benzene rings is 1. The number of carbonyl (C=O) groups is 1. The van der Waals surface area contributed by atoms with Gasteiger partial charge in [-0.15, -0.1) is 0 Å². The third kappa shape index (κ3) is 3.43. The molecule has 2 N–H and O–H groups in total. The van der Waals surface area contributed by atoms with Crippen molar-refractivity contribution in [2.45, 2.75) is 56.5 Å². The van der Waals surface area contributed by atoms with E-state index in [0.29, 0.717) is 5.56 Å². The number of piperidine rings is 1. The second-order valence-corrected chi connectivity index (χ2v) is 6.44. The molecule has 3 nitrogen and oxygen atoms in total. The molecule has 0 bridgehead atoms. The maximum atomic E-state index is 12.9. The summed E-state index contributed by atoms with van der Waals surface area (Å²) >= 11 is 0. The Bertz CT molecular complexity index is 489. The molecule has 1 aromatic rings. The minimum atomic E-state index is -0.311. The van der Waals surface area contributed by atoms with Crippen LogP contribution in [0.15, 0.2) is 24.3 Å². The third-order valence-electron chi connectivity index (χ3n) is 4.88. The van der Waals surface area contributed by atoms with E-state index in [1.54, 1.807) is 12.1 Å². The Hall–Kier alpha value is -1.42. The SMILES string of the molecule is O=C(NC1CCNC2(CCCCC2)C1)c1ccc(F)cc1. The molecular weight excluding hydrogens is 267 g/mol. The zero-order valence-electron chi connectivity index (χ0n) is 12.3. The molecule has 1 aromatic carbocycles. The largest absolute Gasteiger partial charge is 0.349 e. The Balaban J connectivity index is 1.61. The number of halogens is 1. The van der Waals surface area contributed by atoms with Gasteiger partial charge >= 0.3 is 0 Å². The fourth-order valence-corrected chi connectivity index (χ4v) is 3.76. The molecular formula is C17H23FN2O. The Morgan fingerprint density at radius 3 is 2.62 bits per heavy atom. The van der Waals surface area contributed by atoms with Crippen molar-refractivity contribution in [1.82, 2.24) is 10.6 Å². The van der Waals surface area contributed by atoms with Crippen LogP contribution in [0.4, 0.5) is 4.39 Å². The summed E-state index contributed by atoms with van der Waals surface area (Å²) in [5, 5.41) is 6.81. The van der Waals surface area contributed by atoms with Gasteiger partial charge in [-0.1, -0.05) is 19.3 Å². The lowest BCUT2D eigenvalue weighted by molar-refractivity contribution is 0.0892. The van der Waals surface area contributed by atoms with Gasteiger partial charge in [-0.2, -0.15) is 0 Å². The fraction of sp³-hybridized carbons (Fsp3) is 0.588. The highest BCUT2D eigenvalue weighted by molar-refractivity contribution is 5.94. The van der Waals surface area contributed by atoms with E-state index in [0.717, 1.165) is 19.4 Å². The molecule has 1 saturated heterocycles. The van der Waals surface area contributed by atoms with Crippen molar-refractivity contribution >= 4 is 5.91 Å². The lowest BCUT2D eigenvalue weighted by atomic mass is 9.75. The summed E-state index contributed by atoms with van der Waals surface area (Å²) in [5.41, 5.74) is 0.768. The molecule has 1 atom stereocenters. The van der Waals surface area contributed by atoms with E-state index in [9.17, 15) is 9.18 Å². The molecule has 3 rings (SSSR count). The molecule has 1 aliphatic heterocycles. The highest BCUT2D eigenvalue weighted by Gasteiger charge is 2.37. The molecule has 4 heteroatoms. The zero-order valence-corrected chi connectivity index (χ0v) is 12.3. The van der Waals surface area contributed by atoms with Gasteiger partial charge in [0.25, 0.3) is 5.91 Å². The molecule has 1 heterocycles. The van der Waals surface area contributed by atoms with E-state index >= 15 is 0 Å². The number of amides is 1. The summed E-state index contributed by atoms with van der Waals surface area (Å²) in [6.07, 6.45) is 8.31. The van der Waals surface area contributed by atoms with E-state index < -0.39 is 0 Å². The average molecular weight is 290 g/mol. The highest BCUT2D eigenvalue weighted by Crippen LogP contribution is 2.34. The van der Waals surface area contributed by atoms with Crippen LogP contribution in [0, 0.1) is 5.82 Å². The van der Waals surface area contributed by atoms with Gasteiger partial charge in [-0.3, -0.25) is 4.79 Å². The van der Waals surface area contributed by atoms with Gasteiger partial charge in [-0.25, -0.2) is 4.39 Å². The van der Waals surface area contributed by atoms with Gasteiger partial charge in [-0.05, 0) is 56.5 Å². The molecule has 1 amide bonds. The molecule has 21 heavy (non-hydrogen) atoms. The standard InChI is InChI=1S/C17H23FN2O/c18-14-6-4-13(5-7-14)16(21)20-15-8-11-19-17(12-15)9-2-1-3-10-17/h4-7,15,19H,1-3,8-12H2,(H,20,21). The molecule has 1 aliphatic carbocycles. The van der Waals surface area contributed by atoms with Gasteiger partial charge < -0.3 is 10.6 Å². The topological polar surface area (TPSA) is 41.1 Å². The molecule has 114 valence electrons. The van der Waals surface area contributed by atoms with Crippen LogP contribution in [0.2, 0.25) is 0 Å². The van der Waals surface area contributed by atoms with Gasteiger partial charge in [0.15, 0.2) is 0 Å². The van der Waals surface area contributed by atoms with E-state index in [4.69, 9.17) is 0 Å². The zero-order chi connectivity index (χ0) is 14.7. The van der Waals surface area contributed by atoms with Crippen molar-refractivity contribution in [2.24, 2.45) is 0 Å². The molecule has 1 unspecified atom stereocenters. The van der Waals surface area contributed by atoms with Crippen LogP contribution in [-0.4, -0.2) is 24.0 Å². The van der Waals surface area contributed by atoms with Crippen LogP contribution < -0.4 is 10.6 Å². The first-order chi connectivity index (χ1) is 10.2.